The zero-order valence-corrected chi connectivity index (χ0v) is 27.1. The molecule has 8 nitrogen and oxygen atoms in total. The molecule has 47 heavy (non-hydrogen) atoms. The van der Waals surface area contributed by atoms with Crippen molar-refractivity contribution in [2.45, 2.75) is 26.6 Å². The smallest absolute Gasteiger partial charge is 0.184 e. The molecule has 1 fully saturated rings. The summed E-state index contributed by atoms with van der Waals surface area (Å²) >= 11 is 0. The lowest BCUT2D eigenvalue weighted by molar-refractivity contribution is -0.0445. The molecule has 2 N–H and O–H groups in total. The lowest BCUT2D eigenvalue weighted by Crippen LogP contribution is -2.14. The molecule has 238 valence electrons. The number of benzene rings is 3. The fraction of sp³-hybridized carbons (Fsp3) is 0.205. The van der Waals surface area contributed by atoms with Gasteiger partial charge in [0.05, 0.1) is 24.5 Å². The topological polar surface area (TPSA) is 91.3 Å². The largest absolute Gasteiger partial charge is 0.383 e. The molecule has 1 aliphatic rings. The molecule has 1 saturated heterocycles. The van der Waals surface area contributed by atoms with E-state index in [4.69, 9.17) is 25.2 Å². The molecule has 7 rings (SSSR count). The maximum atomic E-state index is 6.18. The number of hydrogen-bond acceptors (Lipinski definition) is 7. The standard InChI is InChI=1S/C24H19N5.C15H21NO2/c1-16-9-11-18(12-10-16)29-23(19-8-5-15-26-22(19)25)28-21-14-13-20(27-24(21)29)17-6-3-2-4-7-17;1-4-16(3)8-7-13-5-6-14(12(2)11-13)15-17-9-10-18-15/h2-15H,1H3,(H2,25,26);4-6,11,15H,1,7-10H2,2-3H3. The van der Waals surface area contributed by atoms with Crippen molar-refractivity contribution in [2.24, 2.45) is 0 Å². The second-order valence-electron chi connectivity index (χ2n) is 11.6. The zero-order valence-electron chi connectivity index (χ0n) is 27.1. The average molecular weight is 625 g/mol. The molecule has 0 amide bonds. The fourth-order valence-corrected chi connectivity index (χ4v) is 5.55. The van der Waals surface area contributed by atoms with Crippen LogP contribution >= 0.6 is 0 Å². The first-order chi connectivity index (χ1) is 22.9. The Kier molecular flexibility index (Phi) is 9.71. The van der Waals surface area contributed by atoms with Crippen LogP contribution in [0, 0.1) is 13.8 Å². The van der Waals surface area contributed by atoms with Crippen LogP contribution in [0.5, 0.6) is 0 Å². The summed E-state index contributed by atoms with van der Waals surface area (Å²) in [6.07, 6.45) is 4.39. The molecule has 4 heterocycles. The number of aromatic nitrogens is 4. The molecular formula is C39H40N6O2. The summed E-state index contributed by atoms with van der Waals surface area (Å²) in [5.74, 6) is 1.17. The number of fused-ring (bicyclic) bond motifs is 1. The fourth-order valence-electron chi connectivity index (χ4n) is 5.55. The Hall–Kier alpha value is -5.31. The van der Waals surface area contributed by atoms with Gasteiger partial charge in [-0.1, -0.05) is 72.8 Å². The van der Waals surface area contributed by atoms with Gasteiger partial charge in [-0.05, 0) is 74.0 Å². The molecule has 0 aliphatic carbocycles. The number of aryl methyl sites for hydroxylation is 2. The van der Waals surface area contributed by atoms with Gasteiger partial charge in [-0.15, -0.1) is 0 Å². The summed E-state index contributed by atoms with van der Waals surface area (Å²) in [5, 5.41) is 0. The predicted molar refractivity (Wildman–Crippen MR) is 189 cm³/mol. The minimum absolute atomic E-state index is 0.171. The van der Waals surface area contributed by atoms with Crippen molar-refractivity contribution in [3.05, 3.63) is 138 Å². The molecule has 0 unspecified atom stereocenters. The number of anilines is 1. The minimum atomic E-state index is -0.171. The molecule has 3 aromatic carbocycles. The average Bonchev–Trinajstić information content (AvgIpc) is 3.77. The number of likely N-dealkylation sites (N-methyl/N-ethyl adjacent to an activating group) is 1. The third kappa shape index (κ3) is 7.25. The Labute approximate surface area is 276 Å². The summed E-state index contributed by atoms with van der Waals surface area (Å²) < 4.78 is 13.1. The molecule has 6 aromatic rings. The Morgan fingerprint density at radius 1 is 0.915 bits per heavy atom. The summed E-state index contributed by atoms with van der Waals surface area (Å²) in [7, 11) is 2.04. The summed E-state index contributed by atoms with van der Waals surface area (Å²) in [6, 6.07) is 32.8. The highest BCUT2D eigenvalue weighted by atomic mass is 16.7. The van der Waals surface area contributed by atoms with Crippen molar-refractivity contribution >= 4 is 17.0 Å². The molecular weight excluding hydrogens is 584 g/mol. The van der Waals surface area contributed by atoms with E-state index >= 15 is 0 Å². The lowest BCUT2D eigenvalue weighted by Gasteiger charge is -2.16. The molecule has 0 radical (unpaired) electrons. The quantitative estimate of drug-likeness (QED) is 0.186. The van der Waals surface area contributed by atoms with E-state index < -0.39 is 0 Å². The van der Waals surface area contributed by atoms with E-state index in [1.54, 1.807) is 6.20 Å². The van der Waals surface area contributed by atoms with Crippen LogP contribution in [0.2, 0.25) is 0 Å². The van der Waals surface area contributed by atoms with Gasteiger partial charge >= 0.3 is 0 Å². The van der Waals surface area contributed by atoms with Crippen LogP contribution in [0.15, 0.2) is 116 Å². The highest BCUT2D eigenvalue weighted by Gasteiger charge is 2.20. The van der Waals surface area contributed by atoms with Gasteiger partial charge in [-0.25, -0.2) is 15.0 Å². The maximum absolute atomic E-state index is 6.18. The number of nitrogens with zero attached hydrogens (tertiary/aromatic N) is 5. The predicted octanol–water partition coefficient (Wildman–Crippen LogP) is 7.70. The van der Waals surface area contributed by atoms with E-state index in [0.29, 0.717) is 19.0 Å². The first-order valence-corrected chi connectivity index (χ1v) is 15.8. The van der Waals surface area contributed by atoms with Crippen LogP contribution in [0.25, 0.3) is 39.5 Å². The van der Waals surface area contributed by atoms with Crippen LogP contribution in [0.4, 0.5) is 5.82 Å². The van der Waals surface area contributed by atoms with Crippen molar-refractivity contribution < 1.29 is 9.47 Å². The van der Waals surface area contributed by atoms with Crippen molar-refractivity contribution in [1.82, 2.24) is 24.4 Å². The summed E-state index contributed by atoms with van der Waals surface area (Å²) in [5.41, 5.74) is 16.4. The number of ether oxygens (including phenoxy) is 2. The molecule has 0 saturated carbocycles. The number of nitrogens with two attached hydrogens (primary N) is 1. The van der Waals surface area contributed by atoms with E-state index in [1.807, 2.05) is 55.7 Å². The van der Waals surface area contributed by atoms with Gasteiger partial charge in [0.2, 0.25) is 0 Å². The van der Waals surface area contributed by atoms with Gasteiger partial charge in [-0.3, -0.25) is 4.57 Å². The van der Waals surface area contributed by atoms with Gasteiger partial charge in [0, 0.05) is 36.6 Å². The number of imidazole rings is 1. The first-order valence-electron chi connectivity index (χ1n) is 15.8. The van der Waals surface area contributed by atoms with Crippen molar-refractivity contribution in [2.75, 3.05) is 32.5 Å². The zero-order chi connectivity index (χ0) is 32.8. The van der Waals surface area contributed by atoms with Crippen molar-refractivity contribution in [1.29, 1.82) is 0 Å². The minimum Gasteiger partial charge on any atom is -0.383 e. The van der Waals surface area contributed by atoms with Crippen molar-refractivity contribution in [3.63, 3.8) is 0 Å². The number of hydrogen-bond donors (Lipinski definition) is 1. The molecule has 8 heteroatoms. The highest BCUT2D eigenvalue weighted by molar-refractivity contribution is 5.84. The number of nitrogen functional groups attached to an aromatic ring is 1. The van der Waals surface area contributed by atoms with E-state index in [9.17, 15) is 0 Å². The van der Waals surface area contributed by atoms with E-state index in [-0.39, 0.29) is 6.29 Å². The molecule has 0 spiro atoms. The Morgan fingerprint density at radius 3 is 2.38 bits per heavy atom. The third-order valence-corrected chi connectivity index (χ3v) is 8.22. The lowest BCUT2D eigenvalue weighted by atomic mass is 10.0. The van der Waals surface area contributed by atoms with Crippen LogP contribution in [-0.4, -0.2) is 51.2 Å². The molecule has 0 bridgehead atoms. The van der Waals surface area contributed by atoms with Crippen molar-refractivity contribution in [3.8, 4) is 28.3 Å². The number of rotatable bonds is 8. The molecule has 3 aromatic heterocycles. The van der Waals surface area contributed by atoms with E-state index in [2.05, 4.69) is 89.5 Å². The maximum Gasteiger partial charge on any atom is 0.184 e. The second-order valence-corrected chi connectivity index (χ2v) is 11.6. The third-order valence-electron chi connectivity index (χ3n) is 8.22. The van der Waals surface area contributed by atoms with E-state index in [0.717, 1.165) is 58.0 Å². The highest BCUT2D eigenvalue weighted by Crippen LogP contribution is 2.32. The summed E-state index contributed by atoms with van der Waals surface area (Å²) in [6.45, 7) is 10.3. The number of pyridine rings is 2. The van der Waals surface area contributed by atoms with Gasteiger partial charge < -0.3 is 20.1 Å². The van der Waals surface area contributed by atoms with Gasteiger partial charge in [-0.2, -0.15) is 0 Å². The van der Waals surface area contributed by atoms with Crippen LogP contribution in [0.3, 0.4) is 0 Å². The first kappa shape index (κ1) is 31.7. The van der Waals surface area contributed by atoms with E-state index in [1.165, 1.54) is 16.7 Å². The van der Waals surface area contributed by atoms with Gasteiger partial charge in [0.15, 0.2) is 17.8 Å². The Morgan fingerprint density at radius 2 is 1.68 bits per heavy atom. The SMILES string of the molecule is C=CN(C)CCc1ccc(C2OCCO2)c(C)c1.Cc1ccc(-n2c(-c3cccnc3N)nc3ccc(-c4ccccc4)nc32)cc1. The molecule has 1 aliphatic heterocycles. The van der Waals surface area contributed by atoms with Crippen LogP contribution in [0.1, 0.15) is 28.5 Å². The molecule has 0 atom stereocenters. The van der Waals surface area contributed by atoms with Crippen LogP contribution < -0.4 is 5.73 Å². The monoisotopic (exact) mass is 624 g/mol. The van der Waals surface area contributed by atoms with Gasteiger partial charge in [0.1, 0.15) is 11.3 Å². The second kappa shape index (κ2) is 14.4. The van der Waals surface area contributed by atoms with Gasteiger partial charge in [0.25, 0.3) is 0 Å². The summed E-state index contributed by atoms with van der Waals surface area (Å²) in [4.78, 5) is 16.2. The Balaban J connectivity index is 0.000000185. The Bertz CT molecular complexity index is 1960. The normalized spacial score (nSPS) is 12.9. The van der Waals surface area contributed by atoms with Crippen LogP contribution in [-0.2, 0) is 15.9 Å².